The quantitative estimate of drug-likeness (QED) is 0.677. The van der Waals surface area contributed by atoms with Gasteiger partial charge in [-0.3, -0.25) is 14.4 Å². The molecule has 2 heterocycles. The Bertz CT molecular complexity index is 1360. The lowest BCUT2D eigenvalue weighted by atomic mass is 9.75. The molecule has 30 heavy (non-hydrogen) atoms. The highest BCUT2D eigenvalue weighted by Gasteiger charge is 2.44. The number of fused-ring (bicyclic) bond motifs is 2. The van der Waals surface area contributed by atoms with Crippen molar-refractivity contribution in [1.29, 1.82) is 0 Å². The molecule has 0 bridgehead atoms. The summed E-state index contributed by atoms with van der Waals surface area (Å²) >= 11 is 0. The molecule has 148 valence electrons. The van der Waals surface area contributed by atoms with Crippen LogP contribution < -0.4 is 10.3 Å². The van der Waals surface area contributed by atoms with Crippen molar-refractivity contribution < 1.29 is 14.3 Å². The number of Topliss-reactive ketones (excluding diaryl/α,β-unsaturated/α-hetero) is 2. The van der Waals surface area contributed by atoms with Gasteiger partial charge in [-0.05, 0) is 37.5 Å². The molecule has 1 unspecified atom stereocenters. The molecule has 1 aliphatic carbocycles. The molecular weight excluding hydrogens is 380 g/mol. The molecule has 2 aliphatic rings. The summed E-state index contributed by atoms with van der Waals surface area (Å²) in [6.45, 7) is 5.60. The first kappa shape index (κ1) is 18.2. The van der Waals surface area contributed by atoms with Crippen LogP contribution in [0.2, 0.25) is 0 Å². The van der Waals surface area contributed by atoms with E-state index in [2.05, 4.69) is 9.97 Å². The second-order valence-electron chi connectivity index (χ2n) is 7.70. The van der Waals surface area contributed by atoms with E-state index in [1.165, 1.54) is 0 Å². The number of nitrogens with zero attached hydrogens (tertiary/aromatic N) is 1. The summed E-state index contributed by atoms with van der Waals surface area (Å²) in [5, 5.41) is 0. The fourth-order valence-corrected chi connectivity index (χ4v) is 4.16. The summed E-state index contributed by atoms with van der Waals surface area (Å²) in [6, 6.07) is 12.4. The normalized spacial score (nSPS) is 17.2. The molecule has 6 heteroatoms. The van der Waals surface area contributed by atoms with Gasteiger partial charge >= 0.3 is 0 Å². The second kappa shape index (κ2) is 6.35. The molecular formula is C24H18N2O4. The van der Waals surface area contributed by atoms with Crippen molar-refractivity contribution in [3.63, 3.8) is 0 Å². The van der Waals surface area contributed by atoms with Crippen molar-refractivity contribution in [2.75, 3.05) is 0 Å². The van der Waals surface area contributed by atoms with Crippen molar-refractivity contribution >= 4 is 11.6 Å². The topological polar surface area (TPSA) is 89.1 Å². The number of nitrogens with one attached hydrogen (secondary N) is 1. The lowest BCUT2D eigenvalue weighted by molar-refractivity contribution is 0.0924. The molecule has 0 radical (unpaired) electrons. The van der Waals surface area contributed by atoms with E-state index in [9.17, 15) is 14.4 Å². The smallest absolute Gasteiger partial charge is 0.258 e. The maximum Gasteiger partial charge on any atom is 0.258 e. The van der Waals surface area contributed by atoms with Gasteiger partial charge in [0.1, 0.15) is 5.82 Å². The number of carbonyl (C=O) groups is 2. The highest BCUT2D eigenvalue weighted by atomic mass is 16.5. The molecule has 0 spiro atoms. The molecule has 1 aliphatic heterocycles. The Labute approximate surface area is 172 Å². The molecule has 2 aromatic carbocycles. The Morgan fingerprint density at radius 1 is 0.900 bits per heavy atom. The second-order valence-corrected chi connectivity index (χ2v) is 7.70. The Morgan fingerprint density at radius 2 is 1.60 bits per heavy atom. The van der Waals surface area contributed by atoms with Crippen LogP contribution in [0.4, 0.5) is 0 Å². The first-order chi connectivity index (χ1) is 14.4. The minimum absolute atomic E-state index is 0.0491. The van der Waals surface area contributed by atoms with Gasteiger partial charge in [0, 0.05) is 11.1 Å². The van der Waals surface area contributed by atoms with Gasteiger partial charge in [0.05, 0.1) is 17.1 Å². The van der Waals surface area contributed by atoms with Crippen LogP contribution in [-0.4, -0.2) is 21.5 Å². The van der Waals surface area contributed by atoms with Gasteiger partial charge in [-0.1, -0.05) is 42.5 Å². The largest absolute Gasteiger partial charge is 0.434 e. The predicted octanol–water partition coefficient (Wildman–Crippen LogP) is 3.55. The molecule has 6 nitrogen and oxygen atoms in total. The number of hydrogen-bond acceptors (Lipinski definition) is 5. The lowest BCUT2D eigenvalue weighted by Gasteiger charge is -2.31. The van der Waals surface area contributed by atoms with Crippen molar-refractivity contribution in [3.8, 4) is 5.88 Å². The molecule has 0 saturated carbocycles. The minimum Gasteiger partial charge on any atom is -0.434 e. The van der Waals surface area contributed by atoms with Gasteiger partial charge in [0.2, 0.25) is 11.7 Å². The third-order valence-corrected chi connectivity index (χ3v) is 5.79. The van der Waals surface area contributed by atoms with Crippen LogP contribution in [0.25, 0.3) is 0 Å². The van der Waals surface area contributed by atoms with Crippen molar-refractivity contribution in [3.05, 3.63) is 103 Å². The summed E-state index contributed by atoms with van der Waals surface area (Å²) in [5.74, 6) is -1.04. The van der Waals surface area contributed by atoms with Crippen molar-refractivity contribution in [1.82, 2.24) is 9.97 Å². The summed E-state index contributed by atoms with van der Waals surface area (Å²) in [7, 11) is 0. The van der Waals surface area contributed by atoms with Gasteiger partial charge < -0.3 is 9.72 Å². The molecule has 0 fully saturated rings. The number of allylic oxidation sites excluding steroid dienone is 2. The fourth-order valence-electron chi connectivity index (χ4n) is 4.16. The van der Waals surface area contributed by atoms with E-state index < -0.39 is 5.92 Å². The zero-order valence-corrected chi connectivity index (χ0v) is 16.7. The summed E-state index contributed by atoms with van der Waals surface area (Å²) in [6.07, 6.45) is 0. The number of ether oxygens (including phenoxy) is 1. The predicted molar refractivity (Wildman–Crippen MR) is 110 cm³/mol. The van der Waals surface area contributed by atoms with E-state index in [4.69, 9.17) is 4.74 Å². The van der Waals surface area contributed by atoms with E-state index in [1.54, 1.807) is 31.2 Å². The number of H-pyrrole nitrogens is 1. The average Bonchev–Trinajstić information content (AvgIpc) is 2.72. The zero-order valence-electron chi connectivity index (χ0n) is 16.7. The van der Waals surface area contributed by atoms with Gasteiger partial charge in [0.25, 0.3) is 5.56 Å². The number of aryl methyl sites for hydroxylation is 3. The van der Waals surface area contributed by atoms with Gasteiger partial charge in [-0.25, -0.2) is 0 Å². The summed E-state index contributed by atoms with van der Waals surface area (Å²) in [4.78, 5) is 46.7. The highest BCUT2D eigenvalue weighted by Crippen LogP contribution is 2.45. The molecule has 1 N–H and O–H groups in total. The summed E-state index contributed by atoms with van der Waals surface area (Å²) < 4.78 is 5.82. The van der Waals surface area contributed by atoms with Gasteiger partial charge in [-0.2, -0.15) is 4.98 Å². The van der Waals surface area contributed by atoms with E-state index in [1.807, 2.05) is 32.0 Å². The number of aromatic amines is 1. The number of ketones is 2. The van der Waals surface area contributed by atoms with Crippen LogP contribution >= 0.6 is 0 Å². The van der Waals surface area contributed by atoms with E-state index in [0.717, 1.165) is 16.7 Å². The van der Waals surface area contributed by atoms with Crippen molar-refractivity contribution in [2.45, 2.75) is 26.7 Å². The fraction of sp³-hybridized carbons (Fsp3) is 0.167. The minimum atomic E-state index is -0.746. The molecule has 0 saturated heterocycles. The van der Waals surface area contributed by atoms with Crippen molar-refractivity contribution in [2.24, 2.45) is 0 Å². The number of carbonyl (C=O) groups excluding carboxylic acids is 2. The Kier molecular flexibility index (Phi) is 3.86. The number of aromatic nitrogens is 2. The third kappa shape index (κ3) is 2.50. The highest BCUT2D eigenvalue weighted by molar-refractivity contribution is 6.27. The zero-order chi connectivity index (χ0) is 21.2. The molecule has 5 rings (SSSR count). The number of rotatable bonds is 1. The first-order valence-electron chi connectivity index (χ1n) is 9.65. The Hall–Kier alpha value is -3.80. The van der Waals surface area contributed by atoms with Crippen LogP contribution in [0, 0.1) is 20.8 Å². The van der Waals surface area contributed by atoms with Gasteiger partial charge in [0.15, 0.2) is 11.5 Å². The first-order valence-corrected chi connectivity index (χ1v) is 9.65. The maximum absolute atomic E-state index is 13.5. The van der Waals surface area contributed by atoms with E-state index in [-0.39, 0.29) is 39.9 Å². The number of benzene rings is 2. The summed E-state index contributed by atoms with van der Waals surface area (Å²) in [5.41, 5.74) is 3.51. The standard InChI is InChI=1S/C24H18N2O4/c1-11-8-9-14(10-12(11)2)17-18-20(27)15-6-4-5-7-16(15)21(28)22(18)30-24-19(17)23(29)25-13(3)26-24/h4-10,17H,1-3H3,(H,25,26,29). The molecule has 0 amide bonds. The van der Waals surface area contributed by atoms with E-state index in [0.29, 0.717) is 17.0 Å². The van der Waals surface area contributed by atoms with E-state index >= 15 is 0 Å². The average molecular weight is 398 g/mol. The molecule has 1 aromatic heterocycles. The lowest BCUT2D eigenvalue weighted by Crippen LogP contribution is -2.35. The SMILES string of the molecule is Cc1nc2c(c(=O)[nH]1)C(c1ccc(C)c(C)c1)C1=C(O2)C(=O)c2ccccc2C1=O. The number of hydrogen-bond donors (Lipinski definition) is 1. The van der Waals surface area contributed by atoms with Crippen LogP contribution in [0.5, 0.6) is 5.88 Å². The molecule has 3 aromatic rings. The Balaban J connectivity index is 1.84. The molecule has 1 atom stereocenters. The maximum atomic E-state index is 13.5. The van der Waals surface area contributed by atoms with Crippen LogP contribution in [-0.2, 0) is 0 Å². The van der Waals surface area contributed by atoms with Crippen LogP contribution in [0.15, 0.2) is 58.6 Å². The van der Waals surface area contributed by atoms with Crippen LogP contribution in [0.1, 0.15) is 54.7 Å². The monoisotopic (exact) mass is 398 g/mol. The Morgan fingerprint density at radius 3 is 2.30 bits per heavy atom. The van der Waals surface area contributed by atoms with Gasteiger partial charge in [-0.15, -0.1) is 0 Å². The third-order valence-electron chi connectivity index (χ3n) is 5.79. The van der Waals surface area contributed by atoms with Crippen LogP contribution in [0.3, 0.4) is 0 Å².